The molecule has 86 valence electrons. The summed E-state index contributed by atoms with van der Waals surface area (Å²) in [4.78, 5) is 12.4. The third-order valence-corrected chi connectivity index (χ3v) is 2.85. The number of aliphatic carboxylic acids is 1. The van der Waals surface area contributed by atoms with Gasteiger partial charge in [-0.3, -0.25) is 15.0 Å². The van der Waals surface area contributed by atoms with Crippen molar-refractivity contribution in [1.29, 1.82) is 0 Å². The summed E-state index contributed by atoms with van der Waals surface area (Å²) in [5.41, 5.74) is -0.667. The van der Waals surface area contributed by atoms with Crippen LogP contribution in [0.5, 0.6) is 0 Å². The number of hydrogen-bond acceptors (Lipinski definition) is 4. The summed E-state index contributed by atoms with van der Waals surface area (Å²) in [5.74, 6) is -0.882. The highest BCUT2D eigenvalue weighted by Gasteiger charge is 2.44. The van der Waals surface area contributed by atoms with Crippen molar-refractivity contribution in [1.82, 2.24) is 10.2 Å². The highest BCUT2D eigenvalue weighted by molar-refractivity contribution is 5.69. The van der Waals surface area contributed by atoms with Gasteiger partial charge in [0.05, 0.1) is 12.6 Å². The Hall–Kier alpha value is -0.910. The second-order valence-corrected chi connectivity index (χ2v) is 3.84. The fourth-order valence-corrected chi connectivity index (χ4v) is 2.11. The minimum atomic E-state index is -0.882. The molecule has 0 bridgehead atoms. The normalized spacial score (nSPS) is 28.9. The van der Waals surface area contributed by atoms with Crippen molar-refractivity contribution in [3.05, 3.63) is 12.7 Å². The lowest BCUT2D eigenvalue weighted by molar-refractivity contribution is -0.140. The first kappa shape index (κ1) is 12.2. The number of carboxylic acid groups (broad SMARTS) is 1. The first-order valence-corrected chi connectivity index (χ1v) is 5.04. The summed E-state index contributed by atoms with van der Waals surface area (Å²) >= 11 is 0. The molecule has 1 rings (SSSR count). The molecule has 5 heteroatoms. The maximum absolute atomic E-state index is 10.7. The summed E-state index contributed by atoms with van der Waals surface area (Å²) in [7, 11) is 0. The molecular formula is C10H18N2O3. The van der Waals surface area contributed by atoms with Gasteiger partial charge < -0.3 is 10.2 Å². The number of nitrogens with zero attached hydrogens (tertiary/aromatic N) is 1. The van der Waals surface area contributed by atoms with Gasteiger partial charge in [-0.2, -0.15) is 0 Å². The Morgan fingerprint density at radius 1 is 1.80 bits per heavy atom. The van der Waals surface area contributed by atoms with Crippen LogP contribution in [-0.2, 0) is 4.79 Å². The SMILES string of the molecule is C=CCC1(C(C)O)NCCN1CC(=O)O. The molecule has 0 aromatic rings. The molecule has 2 atom stereocenters. The summed E-state index contributed by atoms with van der Waals surface area (Å²) in [6, 6.07) is 0. The van der Waals surface area contributed by atoms with Gasteiger partial charge in [-0.05, 0) is 13.3 Å². The number of carboxylic acids is 1. The minimum absolute atomic E-state index is 0.0637. The molecular weight excluding hydrogens is 196 g/mol. The number of aliphatic hydroxyl groups excluding tert-OH is 1. The zero-order chi connectivity index (χ0) is 11.5. The summed E-state index contributed by atoms with van der Waals surface area (Å²) in [6.45, 7) is 6.56. The van der Waals surface area contributed by atoms with Crippen molar-refractivity contribution in [2.75, 3.05) is 19.6 Å². The fraction of sp³-hybridized carbons (Fsp3) is 0.700. The van der Waals surface area contributed by atoms with Gasteiger partial charge in [-0.1, -0.05) is 6.08 Å². The van der Waals surface area contributed by atoms with E-state index in [0.29, 0.717) is 19.5 Å². The maximum atomic E-state index is 10.7. The van der Waals surface area contributed by atoms with Crippen LogP contribution in [0.15, 0.2) is 12.7 Å². The molecule has 0 saturated carbocycles. The Morgan fingerprint density at radius 2 is 2.47 bits per heavy atom. The zero-order valence-electron chi connectivity index (χ0n) is 8.94. The molecule has 1 aliphatic heterocycles. The summed E-state index contributed by atoms with van der Waals surface area (Å²) in [5, 5.41) is 21.7. The number of carbonyl (C=O) groups is 1. The van der Waals surface area contributed by atoms with Gasteiger partial charge in [0, 0.05) is 13.1 Å². The maximum Gasteiger partial charge on any atom is 0.317 e. The lowest BCUT2D eigenvalue weighted by atomic mass is 9.99. The number of nitrogens with one attached hydrogen (secondary N) is 1. The number of rotatable bonds is 5. The molecule has 5 nitrogen and oxygen atoms in total. The van der Waals surface area contributed by atoms with E-state index in [0.717, 1.165) is 0 Å². The molecule has 0 amide bonds. The fourth-order valence-electron chi connectivity index (χ4n) is 2.11. The average molecular weight is 214 g/mol. The van der Waals surface area contributed by atoms with Gasteiger partial charge in [0.15, 0.2) is 0 Å². The molecule has 1 heterocycles. The predicted octanol–water partition coefficient (Wildman–Crippen LogP) is -0.371. The first-order chi connectivity index (χ1) is 7.03. The van der Waals surface area contributed by atoms with Crippen LogP contribution in [0.4, 0.5) is 0 Å². The van der Waals surface area contributed by atoms with E-state index in [1.807, 2.05) is 0 Å². The minimum Gasteiger partial charge on any atom is -0.480 e. The van der Waals surface area contributed by atoms with Crippen LogP contribution < -0.4 is 5.32 Å². The monoisotopic (exact) mass is 214 g/mol. The smallest absolute Gasteiger partial charge is 0.317 e. The number of hydrogen-bond donors (Lipinski definition) is 3. The molecule has 0 aromatic heterocycles. The van der Waals surface area contributed by atoms with Gasteiger partial charge in [0.2, 0.25) is 0 Å². The van der Waals surface area contributed by atoms with Crippen molar-refractivity contribution in [2.45, 2.75) is 25.1 Å². The van der Waals surface area contributed by atoms with E-state index in [-0.39, 0.29) is 6.54 Å². The Bertz CT molecular complexity index is 255. The van der Waals surface area contributed by atoms with Crippen LogP contribution in [0, 0.1) is 0 Å². The second-order valence-electron chi connectivity index (χ2n) is 3.84. The molecule has 1 saturated heterocycles. The standard InChI is InChI=1S/C10H18N2O3/c1-3-4-10(8(2)13)11-5-6-12(10)7-9(14)15/h3,8,11,13H,1,4-7H2,2H3,(H,14,15). The van der Waals surface area contributed by atoms with Crippen LogP contribution in [0.25, 0.3) is 0 Å². The van der Waals surface area contributed by atoms with Crippen LogP contribution in [-0.4, -0.2) is 52.5 Å². The molecule has 0 radical (unpaired) electrons. The second kappa shape index (κ2) is 4.74. The molecule has 0 spiro atoms. The van der Waals surface area contributed by atoms with Gasteiger partial charge >= 0.3 is 5.97 Å². The largest absolute Gasteiger partial charge is 0.480 e. The van der Waals surface area contributed by atoms with Crippen LogP contribution in [0.3, 0.4) is 0 Å². The first-order valence-electron chi connectivity index (χ1n) is 5.04. The van der Waals surface area contributed by atoms with Crippen molar-refractivity contribution in [3.8, 4) is 0 Å². The van der Waals surface area contributed by atoms with E-state index in [1.54, 1.807) is 17.9 Å². The van der Waals surface area contributed by atoms with Crippen molar-refractivity contribution < 1.29 is 15.0 Å². The van der Waals surface area contributed by atoms with E-state index in [4.69, 9.17) is 5.11 Å². The molecule has 1 fully saturated rings. The Labute approximate surface area is 89.4 Å². The van der Waals surface area contributed by atoms with Gasteiger partial charge in [-0.15, -0.1) is 6.58 Å². The Morgan fingerprint density at radius 3 is 2.93 bits per heavy atom. The van der Waals surface area contributed by atoms with Crippen molar-refractivity contribution >= 4 is 5.97 Å². The van der Waals surface area contributed by atoms with E-state index in [1.165, 1.54) is 0 Å². The van der Waals surface area contributed by atoms with Crippen LogP contribution in [0.1, 0.15) is 13.3 Å². The lowest BCUT2D eigenvalue weighted by Crippen LogP contribution is -2.59. The molecule has 1 aliphatic rings. The average Bonchev–Trinajstić information content (AvgIpc) is 2.49. The number of aliphatic hydroxyl groups is 1. The predicted molar refractivity (Wildman–Crippen MR) is 56.4 cm³/mol. The van der Waals surface area contributed by atoms with Crippen LogP contribution in [0.2, 0.25) is 0 Å². The summed E-state index contributed by atoms with van der Waals surface area (Å²) < 4.78 is 0. The highest BCUT2D eigenvalue weighted by atomic mass is 16.4. The highest BCUT2D eigenvalue weighted by Crippen LogP contribution is 2.25. The van der Waals surface area contributed by atoms with Gasteiger partial charge in [0.25, 0.3) is 0 Å². The van der Waals surface area contributed by atoms with E-state index < -0.39 is 17.7 Å². The van der Waals surface area contributed by atoms with Gasteiger partial charge in [0.1, 0.15) is 5.66 Å². The topological polar surface area (TPSA) is 72.8 Å². The zero-order valence-corrected chi connectivity index (χ0v) is 8.94. The molecule has 0 aliphatic carbocycles. The van der Waals surface area contributed by atoms with Gasteiger partial charge in [-0.25, -0.2) is 0 Å². The van der Waals surface area contributed by atoms with E-state index >= 15 is 0 Å². The molecule has 2 unspecified atom stereocenters. The van der Waals surface area contributed by atoms with Crippen molar-refractivity contribution in [2.24, 2.45) is 0 Å². The quantitative estimate of drug-likeness (QED) is 0.545. The van der Waals surface area contributed by atoms with Crippen molar-refractivity contribution in [3.63, 3.8) is 0 Å². The Balaban J connectivity index is 2.83. The molecule has 3 N–H and O–H groups in total. The van der Waals surface area contributed by atoms with E-state index in [9.17, 15) is 9.90 Å². The Kier molecular flexibility index (Phi) is 3.84. The van der Waals surface area contributed by atoms with E-state index in [2.05, 4.69) is 11.9 Å². The summed E-state index contributed by atoms with van der Waals surface area (Å²) in [6.07, 6.45) is 1.58. The lowest BCUT2D eigenvalue weighted by Gasteiger charge is -2.39. The third kappa shape index (κ3) is 2.37. The van der Waals surface area contributed by atoms with Crippen LogP contribution >= 0.6 is 0 Å². The molecule has 15 heavy (non-hydrogen) atoms. The third-order valence-electron chi connectivity index (χ3n) is 2.85. The molecule has 0 aromatic carbocycles.